The van der Waals surface area contributed by atoms with Gasteiger partial charge in [-0.25, -0.2) is 4.98 Å². The second-order valence-electron chi connectivity index (χ2n) is 7.58. The number of para-hydroxylation sites is 1. The number of oxazole rings is 1. The number of hydrogen-bond donors (Lipinski definition) is 2. The number of nitrogens with zero attached hydrogens (tertiary/aromatic N) is 3. The maximum absolute atomic E-state index is 12.4. The van der Waals surface area contributed by atoms with E-state index in [1.807, 2.05) is 31.2 Å². The summed E-state index contributed by atoms with van der Waals surface area (Å²) in [6, 6.07) is 7.77. The Labute approximate surface area is 177 Å². The number of carbonyl (C=O) groups is 1. The Balaban J connectivity index is 1.42. The molecule has 1 aliphatic rings. The topological polar surface area (TPSA) is 91.1 Å². The highest BCUT2D eigenvalue weighted by atomic mass is 16.5. The molecular formula is C22H32N4O4. The molecule has 8 heteroatoms. The quantitative estimate of drug-likeness (QED) is 0.607. The highest BCUT2D eigenvalue weighted by Crippen LogP contribution is 2.17. The van der Waals surface area contributed by atoms with Crippen LogP contribution in [0.2, 0.25) is 0 Å². The van der Waals surface area contributed by atoms with Gasteiger partial charge < -0.3 is 19.6 Å². The zero-order chi connectivity index (χ0) is 21.3. The molecular weight excluding hydrogens is 384 g/mol. The van der Waals surface area contributed by atoms with Crippen molar-refractivity contribution in [2.75, 3.05) is 46.4 Å². The van der Waals surface area contributed by atoms with Crippen molar-refractivity contribution in [2.24, 2.45) is 0 Å². The monoisotopic (exact) mass is 416 g/mol. The summed E-state index contributed by atoms with van der Waals surface area (Å²) in [5.74, 6) is 1.13. The number of aliphatic hydroxyl groups is 1. The lowest BCUT2D eigenvalue weighted by molar-refractivity contribution is 0.0658. The summed E-state index contributed by atoms with van der Waals surface area (Å²) in [7, 11) is 1.64. The number of benzene rings is 1. The zero-order valence-electron chi connectivity index (χ0n) is 17.8. The predicted molar refractivity (Wildman–Crippen MR) is 114 cm³/mol. The van der Waals surface area contributed by atoms with Gasteiger partial charge in [-0.15, -0.1) is 0 Å². The molecule has 1 aliphatic heterocycles. The van der Waals surface area contributed by atoms with Crippen LogP contribution in [-0.4, -0.2) is 78.3 Å². The van der Waals surface area contributed by atoms with E-state index in [1.165, 1.54) is 6.26 Å². The number of aromatic nitrogens is 1. The number of β-amino-alcohol motifs (C(OH)–C–C–N with tert-alkyl or cyclic N) is 1. The van der Waals surface area contributed by atoms with E-state index in [0.29, 0.717) is 31.1 Å². The molecule has 0 spiro atoms. The highest BCUT2D eigenvalue weighted by Gasteiger charge is 2.21. The van der Waals surface area contributed by atoms with Crippen LogP contribution in [0.25, 0.3) is 0 Å². The van der Waals surface area contributed by atoms with Gasteiger partial charge in [0, 0.05) is 39.3 Å². The van der Waals surface area contributed by atoms with E-state index in [4.69, 9.17) is 9.15 Å². The summed E-state index contributed by atoms with van der Waals surface area (Å²) < 4.78 is 10.8. The first-order valence-electron chi connectivity index (χ1n) is 10.6. The summed E-state index contributed by atoms with van der Waals surface area (Å²) in [5, 5.41) is 12.7. The number of piperazine rings is 1. The number of ether oxygens (including phenoxy) is 1. The predicted octanol–water partition coefficient (Wildman–Crippen LogP) is 1.54. The van der Waals surface area contributed by atoms with Crippen molar-refractivity contribution in [2.45, 2.75) is 32.4 Å². The molecule has 8 nitrogen and oxygen atoms in total. The Morgan fingerprint density at radius 1 is 1.27 bits per heavy atom. The van der Waals surface area contributed by atoms with Crippen molar-refractivity contribution in [3.8, 4) is 5.75 Å². The first-order chi connectivity index (χ1) is 14.6. The first kappa shape index (κ1) is 22.3. The second-order valence-corrected chi connectivity index (χ2v) is 7.58. The SMILES string of the molecule is CCC(O)CN1CCN(Cc2nc(C(=O)NCCc3ccccc3OC)co2)CC1. The van der Waals surface area contributed by atoms with E-state index in [0.717, 1.165) is 50.5 Å². The van der Waals surface area contributed by atoms with E-state index in [2.05, 4.69) is 20.1 Å². The van der Waals surface area contributed by atoms with Gasteiger partial charge in [0.05, 0.1) is 19.8 Å². The third-order valence-electron chi connectivity index (χ3n) is 5.42. The lowest BCUT2D eigenvalue weighted by atomic mass is 10.1. The number of amides is 1. The second kappa shape index (κ2) is 11.1. The summed E-state index contributed by atoms with van der Waals surface area (Å²) in [6.45, 7) is 7.39. The van der Waals surface area contributed by atoms with Gasteiger partial charge in [0.1, 0.15) is 12.0 Å². The Morgan fingerprint density at radius 2 is 2.00 bits per heavy atom. The molecule has 2 aromatic rings. The molecule has 2 N–H and O–H groups in total. The van der Waals surface area contributed by atoms with Crippen LogP contribution in [0, 0.1) is 0 Å². The molecule has 2 heterocycles. The molecule has 1 fully saturated rings. The Kier molecular flexibility index (Phi) is 8.24. The van der Waals surface area contributed by atoms with Gasteiger partial charge in [-0.05, 0) is 24.5 Å². The van der Waals surface area contributed by atoms with E-state index in [9.17, 15) is 9.90 Å². The molecule has 1 amide bonds. The van der Waals surface area contributed by atoms with E-state index in [-0.39, 0.29) is 12.0 Å². The Hall–Kier alpha value is -2.42. The molecule has 3 rings (SSSR count). The lowest BCUT2D eigenvalue weighted by Gasteiger charge is -2.34. The van der Waals surface area contributed by atoms with Gasteiger partial charge in [0.25, 0.3) is 5.91 Å². The van der Waals surface area contributed by atoms with Crippen LogP contribution in [0.1, 0.15) is 35.3 Å². The minimum atomic E-state index is -0.257. The molecule has 1 unspecified atom stereocenters. The molecule has 1 saturated heterocycles. The number of rotatable bonds is 10. The Bertz CT molecular complexity index is 802. The summed E-state index contributed by atoms with van der Waals surface area (Å²) in [5.41, 5.74) is 1.35. The highest BCUT2D eigenvalue weighted by molar-refractivity contribution is 5.91. The fraction of sp³-hybridized carbons (Fsp3) is 0.545. The van der Waals surface area contributed by atoms with Gasteiger partial charge >= 0.3 is 0 Å². The molecule has 0 radical (unpaired) electrons. The van der Waals surface area contributed by atoms with Crippen molar-refractivity contribution in [3.05, 3.63) is 47.7 Å². The van der Waals surface area contributed by atoms with Crippen LogP contribution < -0.4 is 10.1 Å². The van der Waals surface area contributed by atoms with Crippen LogP contribution >= 0.6 is 0 Å². The molecule has 1 aromatic heterocycles. The third kappa shape index (κ3) is 6.29. The number of methoxy groups -OCH3 is 1. The molecule has 0 bridgehead atoms. The smallest absolute Gasteiger partial charge is 0.273 e. The van der Waals surface area contributed by atoms with Crippen molar-refractivity contribution in [3.63, 3.8) is 0 Å². The van der Waals surface area contributed by atoms with Crippen molar-refractivity contribution < 1.29 is 19.1 Å². The summed E-state index contributed by atoms with van der Waals surface area (Å²) in [6.07, 6.45) is 2.62. The van der Waals surface area contributed by atoms with Crippen LogP contribution in [0.5, 0.6) is 5.75 Å². The first-order valence-corrected chi connectivity index (χ1v) is 10.6. The van der Waals surface area contributed by atoms with E-state index >= 15 is 0 Å². The van der Waals surface area contributed by atoms with Crippen LogP contribution in [0.3, 0.4) is 0 Å². The number of hydrogen-bond acceptors (Lipinski definition) is 7. The van der Waals surface area contributed by atoms with E-state index in [1.54, 1.807) is 7.11 Å². The molecule has 0 aliphatic carbocycles. The van der Waals surface area contributed by atoms with Crippen LogP contribution in [0.15, 0.2) is 34.9 Å². The van der Waals surface area contributed by atoms with E-state index < -0.39 is 0 Å². The van der Waals surface area contributed by atoms with Crippen molar-refractivity contribution in [1.29, 1.82) is 0 Å². The third-order valence-corrected chi connectivity index (χ3v) is 5.42. The maximum atomic E-state index is 12.4. The van der Waals surface area contributed by atoms with Gasteiger partial charge in [-0.2, -0.15) is 0 Å². The average molecular weight is 417 g/mol. The van der Waals surface area contributed by atoms with Gasteiger partial charge in [-0.3, -0.25) is 14.6 Å². The van der Waals surface area contributed by atoms with Crippen molar-refractivity contribution >= 4 is 5.91 Å². The average Bonchev–Trinajstić information content (AvgIpc) is 3.24. The fourth-order valence-electron chi connectivity index (χ4n) is 3.55. The molecule has 1 atom stereocenters. The standard InChI is InChI=1S/C22H32N4O4/c1-3-18(27)14-25-10-12-26(13-11-25)15-21-24-19(16-30-21)22(28)23-9-8-17-6-4-5-7-20(17)29-2/h4-7,16,18,27H,3,8-15H2,1-2H3,(H,23,28). The molecule has 1 aromatic carbocycles. The minimum Gasteiger partial charge on any atom is -0.496 e. The maximum Gasteiger partial charge on any atom is 0.273 e. The Morgan fingerprint density at radius 3 is 2.73 bits per heavy atom. The van der Waals surface area contributed by atoms with Crippen LogP contribution in [-0.2, 0) is 13.0 Å². The minimum absolute atomic E-state index is 0.238. The van der Waals surface area contributed by atoms with Crippen LogP contribution in [0.4, 0.5) is 0 Å². The summed E-state index contributed by atoms with van der Waals surface area (Å²) in [4.78, 5) is 21.2. The number of aliphatic hydroxyl groups excluding tert-OH is 1. The van der Waals surface area contributed by atoms with Crippen molar-refractivity contribution in [1.82, 2.24) is 20.1 Å². The lowest BCUT2D eigenvalue weighted by Crippen LogP contribution is -2.48. The molecule has 30 heavy (non-hydrogen) atoms. The van der Waals surface area contributed by atoms with Gasteiger partial charge in [0.2, 0.25) is 5.89 Å². The number of nitrogens with one attached hydrogen (secondary N) is 1. The normalized spacial score (nSPS) is 16.4. The number of carbonyl (C=O) groups excluding carboxylic acids is 1. The summed E-state index contributed by atoms with van der Waals surface area (Å²) >= 11 is 0. The molecule has 164 valence electrons. The fourth-order valence-corrected chi connectivity index (χ4v) is 3.55. The van der Waals surface area contributed by atoms with Gasteiger partial charge in [-0.1, -0.05) is 25.1 Å². The molecule has 0 saturated carbocycles. The largest absolute Gasteiger partial charge is 0.496 e. The van der Waals surface area contributed by atoms with Gasteiger partial charge in [0.15, 0.2) is 5.69 Å². The zero-order valence-corrected chi connectivity index (χ0v) is 17.8.